The number of benzene rings is 1. The Morgan fingerprint density at radius 3 is 2.57 bits per heavy atom. The van der Waals surface area contributed by atoms with Crippen LogP contribution in [-0.4, -0.2) is 60.6 Å². The minimum absolute atomic E-state index is 0.146. The van der Waals surface area contributed by atoms with Crippen molar-refractivity contribution in [1.29, 1.82) is 0 Å². The molecule has 1 aromatic rings. The van der Waals surface area contributed by atoms with Crippen molar-refractivity contribution in [2.45, 2.75) is 37.4 Å². The lowest BCUT2D eigenvalue weighted by Gasteiger charge is -2.44. The Bertz CT molecular complexity index is 741. The first-order valence-corrected chi connectivity index (χ1v) is 9.33. The van der Waals surface area contributed by atoms with Crippen LogP contribution in [0.3, 0.4) is 0 Å². The molecule has 1 unspecified atom stereocenters. The topological polar surface area (TPSA) is 61.9 Å². The summed E-state index contributed by atoms with van der Waals surface area (Å²) < 4.78 is 44.7. The standard InChI is InChI=1S/C19H24F3N3O3/c1-28-13-12-24-10-4-8-18(16(24)26)9-5-11-25(18)17(27)23-15-7-3-2-6-14(15)19(20,21)22/h2-3,6-7H,4-5,8-13H2,1H3,(H,23,27). The summed E-state index contributed by atoms with van der Waals surface area (Å²) in [7, 11) is 1.55. The lowest BCUT2D eigenvalue weighted by atomic mass is 9.85. The van der Waals surface area contributed by atoms with Gasteiger partial charge in [0.1, 0.15) is 5.54 Å². The monoisotopic (exact) mass is 399 g/mol. The molecule has 1 N–H and O–H groups in total. The van der Waals surface area contributed by atoms with Crippen LogP contribution in [0.1, 0.15) is 31.2 Å². The molecule has 2 heterocycles. The van der Waals surface area contributed by atoms with Crippen LogP contribution in [0.25, 0.3) is 0 Å². The van der Waals surface area contributed by atoms with Crippen molar-refractivity contribution >= 4 is 17.6 Å². The predicted octanol–water partition coefficient (Wildman–Crippen LogP) is 3.34. The van der Waals surface area contributed by atoms with E-state index in [1.807, 2.05) is 0 Å². The van der Waals surface area contributed by atoms with E-state index in [2.05, 4.69) is 5.32 Å². The number of methoxy groups -OCH3 is 1. The molecule has 0 aliphatic carbocycles. The number of halogens is 3. The molecule has 28 heavy (non-hydrogen) atoms. The third-order valence-electron chi connectivity index (χ3n) is 5.48. The maximum absolute atomic E-state index is 13.2. The lowest BCUT2D eigenvalue weighted by molar-refractivity contribution is -0.146. The van der Waals surface area contributed by atoms with Crippen molar-refractivity contribution in [1.82, 2.24) is 9.80 Å². The zero-order valence-corrected chi connectivity index (χ0v) is 15.7. The Morgan fingerprint density at radius 2 is 1.89 bits per heavy atom. The van der Waals surface area contributed by atoms with Crippen LogP contribution in [0.2, 0.25) is 0 Å². The highest BCUT2D eigenvalue weighted by Gasteiger charge is 2.52. The highest BCUT2D eigenvalue weighted by Crippen LogP contribution is 2.39. The first-order valence-electron chi connectivity index (χ1n) is 9.33. The van der Waals surface area contributed by atoms with Gasteiger partial charge in [-0.05, 0) is 37.8 Å². The van der Waals surface area contributed by atoms with Crippen LogP contribution in [-0.2, 0) is 15.7 Å². The molecule has 2 aliphatic heterocycles. The van der Waals surface area contributed by atoms with E-state index in [0.717, 1.165) is 12.5 Å². The molecule has 0 saturated carbocycles. The fraction of sp³-hybridized carbons (Fsp3) is 0.579. The summed E-state index contributed by atoms with van der Waals surface area (Å²) in [5, 5.41) is 2.38. The number of rotatable bonds is 4. The Kier molecular flexibility index (Phi) is 5.83. The normalized spacial score (nSPS) is 22.8. The third kappa shape index (κ3) is 3.80. The maximum atomic E-state index is 13.2. The van der Waals surface area contributed by atoms with E-state index in [9.17, 15) is 22.8 Å². The first kappa shape index (κ1) is 20.4. The van der Waals surface area contributed by atoms with Crippen LogP contribution in [0.15, 0.2) is 24.3 Å². The van der Waals surface area contributed by atoms with E-state index in [-0.39, 0.29) is 11.6 Å². The van der Waals surface area contributed by atoms with Gasteiger partial charge in [0.25, 0.3) is 0 Å². The first-order chi connectivity index (χ1) is 13.3. The van der Waals surface area contributed by atoms with E-state index in [4.69, 9.17) is 4.74 Å². The summed E-state index contributed by atoms with van der Waals surface area (Å²) in [6.45, 7) is 1.76. The second-order valence-corrected chi connectivity index (χ2v) is 7.15. The molecule has 1 aromatic carbocycles. The van der Waals surface area contributed by atoms with Crippen molar-refractivity contribution in [3.05, 3.63) is 29.8 Å². The van der Waals surface area contributed by atoms with Crippen LogP contribution in [0, 0.1) is 0 Å². The summed E-state index contributed by atoms with van der Waals surface area (Å²) in [6, 6.07) is 4.18. The number of hydrogen-bond acceptors (Lipinski definition) is 3. The highest BCUT2D eigenvalue weighted by atomic mass is 19.4. The summed E-state index contributed by atoms with van der Waals surface area (Å²) in [5.74, 6) is -0.146. The predicted molar refractivity (Wildman–Crippen MR) is 96.8 cm³/mol. The number of hydrogen-bond donors (Lipinski definition) is 1. The lowest BCUT2D eigenvalue weighted by Crippen LogP contribution is -2.62. The van der Waals surface area contributed by atoms with Gasteiger partial charge >= 0.3 is 12.2 Å². The molecule has 154 valence electrons. The zero-order valence-electron chi connectivity index (χ0n) is 15.7. The summed E-state index contributed by atoms with van der Waals surface area (Å²) in [6.07, 6.45) is -2.17. The number of amides is 3. The number of likely N-dealkylation sites (tertiary alicyclic amines) is 2. The van der Waals surface area contributed by atoms with Crippen molar-refractivity contribution in [2.75, 3.05) is 38.7 Å². The molecule has 3 rings (SSSR count). The van der Waals surface area contributed by atoms with Gasteiger partial charge in [-0.25, -0.2) is 4.79 Å². The van der Waals surface area contributed by atoms with Gasteiger partial charge in [0.05, 0.1) is 17.9 Å². The SMILES string of the molecule is COCCN1CCCC2(CCCN2C(=O)Nc2ccccc2C(F)(F)F)C1=O. The van der Waals surface area contributed by atoms with Gasteiger partial charge < -0.3 is 19.9 Å². The molecule has 3 amide bonds. The van der Waals surface area contributed by atoms with Crippen molar-refractivity contribution in [3.63, 3.8) is 0 Å². The molecule has 1 atom stereocenters. The minimum atomic E-state index is -4.58. The Morgan fingerprint density at radius 1 is 1.21 bits per heavy atom. The summed E-state index contributed by atoms with van der Waals surface area (Å²) >= 11 is 0. The van der Waals surface area contributed by atoms with Gasteiger partial charge in [0.2, 0.25) is 5.91 Å². The number of carbonyl (C=O) groups excluding carboxylic acids is 2. The summed E-state index contributed by atoms with van der Waals surface area (Å²) in [4.78, 5) is 29.1. The molecule has 0 bridgehead atoms. The van der Waals surface area contributed by atoms with Gasteiger partial charge in [-0.1, -0.05) is 12.1 Å². The smallest absolute Gasteiger partial charge is 0.383 e. The van der Waals surface area contributed by atoms with Gasteiger partial charge in [-0.15, -0.1) is 0 Å². The third-order valence-corrected chi connectivity index (χ3v) is 5.48. The number of anilines is 1. The van der Waals surface area contributed by atoms with Crippen LogP contribution in [0.4, 0.5) is 23.7 Å². The molecule has 2 saturated heterocycles. The summed E-state index contributed by atoms with van der Waals surface area (Å²) in [5.41, 5.74) is -2.20. The minimum Gasteiger partial charge on any atom is -0.383 e. The number of carbonyl (C=O) groups is 2. The fourth-order valence-electron chi connectivity index (χ4n) is 4.16. The van der Waals surface area contributed by atoms with Gasteiger partial charge in [0, 0.05) is 26.7 Å². The van der Waals surface area contributed by atoms with E-state index < -0.39 is 23.3 Å². The number of alkyl halides is 3. The van der Waals surface area contributed by atoms with Crippen LogP contribution < -0.4 is 5.32 Å². The number of piperidine rings is 1. The number of urea groups is 1. The second-order valence-electron chi connectivity index (χ2n) is 7.15. The van der Waals surface area contributed by atoms with Crippen LogP contribution in [0.5, 0.6) is 0 Å². The second kappa shape index (κ2) is 7.98. The number of para-hydroxylation sites is 1. The van der Waals surface area contributed by atoms with E-state index in [1.165, 1.54) is 23.1 Å². The zero-order chi connectivity index (χ0) is 20.4. The van der Waals surface area contributed by atoms with Gasteiger partial charge in [-0.2, -0.15) is 13.2 Å². The number of nitrogens with one attached hydrogen (secondary N) is 1. The molecule has 0 radical (unpaired) electrons. The Balaban J connectivity index is 1.81. The van der Waals surface area contributed by atoms with Crippen molar-refractivity contribution in [3.8, 4) is 0 Å². The fourth-order valence-corrected chi connectivity index (χ4v) is 4.16. The number of nitrogens with zero attached hydrogens (tertiary/aromatic N) is 2. The molecule has 0 aromatic heterocycles. The van der Waals surface area contributed by atoms with E-state index in [0.29, 0.717) is 45.5 Å². The van der Waals surface area contributed by atoms with Gasteiger partial charge in [-0.3, -0.25) is 4.79 Å². The Hall–Kier alpha value is -2.29. The molecule has 6 nitrogen and oxygen atoms in total. The molecule has 1 spiro atoms. The van der Waals surface area contributed by atoms with Gasteiger partial charge in [0.15, 0.2) is 0 Å². The molecular weight excluding hydrogens is 375 g/mol. The molecular formula is C19H24F3N3O3. The van der Waals surface area contributed by atoms with E-state index >= 15 is 0 Å². The highest BCUT2D eigenvalue weighted by molar-refractivity contribution is 5.97. The van der Waals surface area contributed by atoms with Crippen LogP contribution >= 0.6 is 0 Å². The average Bonchev–Trinajstić information content (AvgIpc) is 3.07. The van der Waals surface area contributed by atoms with E-state index in [1.54, 1.807) is 12.0 Å². The largest absolute Gasteiger partial charge is 0.418 e. The van der Waals surface area contributed by atoms with Crippen molar-refractivity contribution in [2.24, 2.45) is 0 Å². The molecule has 2 aliphatic rings. The molecule has 9 heteroatoms. The molecule has 2 fully saturated rings. The average molecular weight is 399 g/mol. The quantitative estimate of drug-likeness (QED) is 0.845. The maximum Gasteiger partial charge on any atom is 0.418 e. The number of ether oxygens (including phenoxy) is 1. The van der Waals surface area contributed by atoms with Crippen molar-refractivity contribution < 1.29 is 27.5 Å². The Labute approximate surface area is 161 Å².